The van der Waals surface area contributed by atoms with Crippen LogP contribution in [-0.2, 0) is 16.1 Å². The summed E-state index contributed by atoms with van der Waals surface area (Å²) in [6.45, 7) is 7.74. The van der Waals surface area contributed by atoms with Gasteiger partial charge in [-0.2, -0.15) is 4.98 Å². The summed E-state index contributed by atoms with van der Waals surface area (Å²) in [6, 6.07) is 14.2. The lowest BCUT2D eigenvalue weighted by Crippen LogP contribution is -2.38. The van der Waals surface area contributed by atoms with Gasteiger partial charge in [-0.1, -0.05) is 36.4 Å². The average Bonchev–Trinajstić information content (AvgIpc) is 2.83. The first-order valence-electron chi connectivity index (χ1n) is 11.2. The van der Waals surface area contributed by atoms with E-state index in [1.54, 1.807) is 0 Å². The fourth-order valence-electron chi connectivity index (χ4n) is 3.98. The number of aromatic nitrogens is 3. The molecule has 0 radical (unpaired) electrons. The van der Waals surface area contributed by atoms with Crippen molar-refractivity contribution in [3.05, 3.63) is 65.5 Å². The van der Waals surface area contributed by atoms with Gasteiger partial charge in [-0.3, -0.25) is 4.79 Å². The smallest absolute Gasteiger partial charge is 0.232 e. The maximum absolute atomic E-state index is 11.6. The number of anilines is 4. The molecule has 8 nitrogen and oxygen atoms in total. The van der Waals surface area contributed by atoms with E-state index in [1.807, 2.05) is 44.2 Å². The van der Waals surface area contributed by atoms with Crippen molar-refractivity contribution in [2.75, 3.05) is 28.6 Å². The molecule has 1 amide bonds. The second-order valence-electron chi connectivity index (χ2n) is 8.33. The second-order valence-corrected chi connectivity index (χ2v) is 8.33. The maximum atomic E-state index is 11.6. The Kier molecular flexibility index (Phi) is 7.14. The number of nitrogens with zero attached hydrogens (tertiary/aromatic N) is 4. The molecule has 8 heteroatoms. The van der Waals surface area contributed by atoms with E-state index >= 15 is 0 Å². The molecule has 0 atom stereocenters. The van der Waals surface area contributed by atoms with Crippen molar-refractivity contribution < 1.29 is 9.53 Å². The van der Waals surface area contributed by atoms with Crippen molar-refractivity contribution in [3.63, 3.8) is 0 Å². The predicted octanol–water partition coefficient (Wildman–Crippen LogP) is 4.38. The summed E-state index contributed by atoms with van der Waals surface area (Å²) >= 11 is 0. The summed E-state index contributed by atoms with van der Waals surface area (Å²) in [6.07, 6.45) is 3.63. The second kappa shape index (κ2) is 10.4. The minimum Gasteiger partial charge on any atom is -0.373 e. The molecule has 172 valence electrons. The Morgan fingerprint density at radius 2 is 1.85 bits per heavy atom. The molecule has 1 saturated heterocycles. The van der Waals surface area contributed by atoms with Crippen LogP contribution in [0.3, 0.4) is 0 Å². The Labute approximate surface area is 194 Å². The highest BCUT2D eigenvalue weighted by atomic mass is 16.5. The van der Waals surface area contributed by atoms with E-state index in [0.29, 0.717) is 18.5 Å². The zero-order valence-electron chi connectivity index (χ0n) is 19.3. The third-order valence-electron chi connectivity index (χ3n) is 5.83. The number of hydrogen-bond donors (Lipinski definition) is 2. The van der Waals surface area contributed by atoms with E-state index in [-0.39, 0.29) is 12.0 Å². The Balaban J connectivity index is 1.37. The van der Waals surface area contributed by atoms with Crippen LogP contribution in [0.25, 0.3) is 0 Å². The average molecular weight is 447 g/mol. The van der Waals surface area contributed by atoms with Crippen LogP contribution in [0, 0.1) is 13.8 Å². The van der Waals surface area contributed by atoms with Gasteiger partial charge >= 0.3 is 0 Å². The molecule has 1 aromatic heterocycles. The van der Waals surface area contributed by atoms with Crippen molar-refractivity contribution in [2.24, 2.45) is 0 Å². The normalized spacial score (nSPS) is 14.2. The predicted molar refractivity (Wildman–Crippen MR) is 130 cm³/mol. The van der Waals surface area contributed by atoms with Crippen LogP contribution in [0.4, 0.5) is 23.3 Å². The minimum absolute atomic E-state index is 0.100. The summed E-state index contributed by atoms with van der Waals surface area (Å²) in [5.74, 6) is 1.03. The molecule has 2 aromatic carbocycles. The largest absolute Gasteiger partial charge is 0.373 e. The van der Waals surface area contributed by atoms with E-state index in [4.69, 9.17) is 4.74 Å². The number of ether oxygens (including phenoxy) is 1. The molecule has 2 heterocycles. The third kappa shape index (κ3) is 5.84. The lowest BCUT2D eigenvalue weighted by atomic mass is 10.1. The topological polar surface area (TPSA) is 92.3 Å². The summed E-state index contributed by atoms with van der Waals surface area (Å²) in [5, 5.41) is 6.18. The number of amides is 1. The number of hydrogen-bond acceptors (Lipinski definition) is 7. The molecule has 33 heavy (non-hydrogen) atoms. The van der Waals surface area contributed by atoms with Crippen LogP contribution >= 0.6 is 0 Å². The lowest BCUT2D eigenvalue weighted by molar-refractivity contribution is -0.114. The number of rotatable bonds is 7. The van der Waals surface area contributed by atoms with Gasteiger partial charge in [0.05, 0.1) is 12.7 Å². The SMILES string of the molecule is CC(=O)Nc1c(C)ccc(Nc2ncnc(N3CCC(OCc4ccccc4)CC3)n2)c1C. The zero-order valence-corrected chi connectivity index (χ0v) is 19.3. The Morgan fingerprint density at radius 3 is 2.58 bits per heavy atom. The van der Waals surface area contributed by atoms with Gasteiger partial charge in [-0.25, -0.2) is 9.97 Å². The fourth-order valence-corrected chi connectivity index (χ4v) is 3.98. The summed E-state index contributed by atoms with van der Waals surface area (Å²) in [7, 11) is 0. The summed E-state index contributed by atoms with van der Waals surface area (Å²) in [5.41, 5.74) is 4.78. The standard InChI is InChI=1S/C25H30N6O2/c1-17-9-10-22(18(2)23(17)28-19(3)32)29-24-26-16-27-25(30-24)31-13-11-21(12-14-31)33-15-20-7-5-4-6-8-20/h4-10,16,21H,11-15H2,1-3H3,(H,28,32)(H,26,27,29,30). The molecule has 2 N–H and O–H groups in total. The molecular formula is C25H30N6O2. The van der Waals surface area contributed by atoms with Crippen LogP contribution in [0.1, 0.15) is 36.5 Å². The highest BCUT2D eigenvalue weighted by Crippen LogP contribution is 2.29. The van der Waals surface area contributed by atoms with E-state index < -0.39 is 0 Å². The number of carbonyl (C=O) groups is 1. The summed E-state index contributed by atoms with van der Waals surface area (Å²) in [4.78, 5) is 27.0. The maximum Gasteiger partial charge on any atom is 0.232 e. The number of aryl methyl sites for hydroxylation is 1. The van der Waals surface area contributed by atoms with Gasteiger partial charge < -0.3 is 20.3 Å². The van der Waals surface area contributed by atoms with Gasteiger partial charge in [-0.05, 0) is 49.4 Å². The summed E-state index contributed by atoms with van der Waals surface area (Å²) < 4.78 is 6.10. The van der Waals surface area contributed by atoms with Crippen LogP contribution in [0.2, 0.25) is 0 Å². The third-order valence-corrected chi connectivity index (χ3v) is 5.83. The van der Waals surface area contributed by atoms with E-state index in [2.05, 4.69) is 42.6 Å². The van der Waals surface area contributed by atoms with Gasteiger partial charge in [0.25, 0.3) is 0 Å². The lowest BCUT2D eigenvalue weighted by Gasteiger charge is -2.32. The molecule has 3 aromatic rings. The van der Waals surface area contributed by atoms with Gasteiger partial charge in [0.15, 0.2) is 0 Å². The fraction of sp³-hybridized carbons (Fsp3) is 0.360. The van der Waals surface area contributed by atoms with E-state index in [0.717, 1.165) is 48.4 Å². The molecule has 1 aliphatic heterocycles. The first-order chi connectivity index (χ1) is 16.0. The minimum atomic E-state index is -0.100. The van der Waals surface area contributed by atoms with Gasteiger partial charge in [-0.15, -0.1) is 0 Å². The Bertz CT molecular complexity index is 1100. The Hall–Kier alpha value is -3.52. The van der Waals surface area contributed by atoms with Crippen molar-refractivity contribution in [3.8, 4) is 0 Å². The van der Waals surface area contributed by atoms with E-state index in [9.17, 15) is 4.79 Å². The van der Waals surface area contributed by atoms with Crippen LogP contribution in [0.15, 0.2) is 48.8 Å². The molecule has 4 rings (SSSR count). The molecule has 0 saturated carbocycles. The first kappa shape index (κ1) is 22.7. The van der Waals surface area contributed by atoms with Crippen molar-refractivity contribution in [2.45, 2.75) is 46.3 Å². The van der Waals surface area contributed by atoms with Gasteiger partial charge in [0, 0.05) is 31.4 Å². The van der Waals surface area contributed by atoms with E-state index in [1.165, 1.54) is 18.8 Å². The molecule has 1 fully saturated rings. The van der Waals surface area contributed by atoms with Gasteiger partial charge in [0.2, 0.25) is 17.8 Å². The van der Waals surface area contributed by atoms with Crippen molar-refractivity contribution >= 4 is 29.2 Å². The van der Waals surface area contributed by atoms with Crippen molar-refractivity contribution in [1.82, 2.24) is 15.0 Å². The monoisotopic (exact) mass is 446 g/mol. The van der Waals surface area contributed by atoms with Crippen LogP contribution in [0.5, 0.6) is 0 Å². The first-order valence-corrected chi connectivity index (χ1v) is 11.2. The van der Waals surface area contributed by atoms with Crippen molar-refractivity contribution in [1.29, 1.82) is 0 Å². The highest BCUT2D eigenvalue weighted by Gasteiger charge is 2.22. The molecule has 1 aliphatic rings. The molecule has 0 spiro atoms. The quantitative estimate of drug-likeness (QED) is 0.556. The van der Waals surface area contributed by atoms with Crippen LogP contribution < -0.4 is 15.5 Å². The Morgan fingerprint density at radius 1 is 1.09 bits per heavy atom. The number of benzene rings is 2. The number of piperidine rings is 1. The number of carbonyl (C=O) groups excluding carboxylic acids is 1. The molecular weight excluding hydrogens is 416 g/mol. The van der Waals surface area contributed by atoms with Crippen LogP contribution in [-0.4, -0.2) is 40.1 Å². The highest BCUT2D eigenvalue weighted by molar-refractivity contribution is 5.92. The van der Waals surface area contributed by atoms with Gasteiger partial charge in [0.1, 0.15) is 6.33 Å². The molecule has 0 aliphatic carbocycles. The molecule has 0 bridgehead atoms. The number of nitrogens with one attached hydrogen (secondary N) is 2. The zero-order chi connectivity index (χ0) is 23.2. The molecule has 0 unspecified atom stereocenters.